The van der Waals surface area contributed by atoms with Gasteiger partial charge in [-0.2, -0.15) is 0 Å². The van der Waals surface area contributed by atoms with Gasteiger partial charge in [-0.3, -0.25) is 9.80 Å². The molecule has 0 aromatic heterocycles. The quantitative estimate of drug-likeness (QED) is 0.723. The molecule has 0 radical (unpaired) electrons. The lowest BCUT2D eigenvalue weighted by Gasteiger charge is -2.35. The Morgan fingerprint density at radius 1 is 1.00 bits per heavy atom. The Morgan fingerprint density at radius 2 is 1.54 bits per heavy atom. The van der Waals surface area contributed by atoms with Gasteiger partial charge in [0.25, 0.3) is 0 Å². The predicted octanol–water partition coefficient (Wildman–Crippen LogP) is 2.18. The van der Waals surface area contributed by atoms with Crippen LogP contribution in [-0.4, -0.2) is 78.6 Å². The Morgan fingerprint density at radius 3 is 2.04 bits per heavy atom. The monoisotopic (exact) mass is 408 g/mol. The van der Waals surface area contributed by atoms with Crippen molar-refractivity contribution >= 4 is 24.8 Å². The Bertz CT molecular complexity index is 487. The lowest BCUT2D eigenvalue weighted by molar-refractivity contribution is 0.0428. The van der Waals surface area contributed by atoms with Crippen molar-refractivity contribution in [1.82, 2.24) is 9.80 Å². The third-order valence-electron chi connectivity index (χ3n) is 4.51. The molecular formula is C19H34Cl2N2O3. The molecule has 152 valence electrons. The molecule has 1 aromatic rings. The highest BCUT2D eigenvalue weighted by Crippen LogP contribution is 2.24. The van der Waals surface area contributed by atoms with Crippen LogP contribution in [0.1, 0.15) is 26.3 Å². The van der Waals surface area contributed by atoms with Crippen molar-refractivity contribution < 1.29 is 14.9 Å². The number of aliphatic hydroxyl groups is 2. The lowest BCUT2D eigenvalue weighted by atomic mass is 9.87. The van der Waals surface area contributed by atoms with Crippen molar-refractivity contribution in [1.29, 1.82) is 0 Å². The van der Waals surface area contributed by atoms with Crippen LogP contribution in [0.15, 0.2) is 24.3 Å². The maximum atomic E-state index is 10.2. The molecule has 0 saturated carbocycles. The van der Waals surface area contributed by atoms with Gasteiger partial charge in [0.15, 0.2) is 0 Å². The van der Waals surface area contributed by atoms with Crippen molar-refractivity contribution in [2.24, 2.45) is 0 Å². The van der Waals surface area contributed by atoms with E-state index in [2.05, 4.69) is 42.7 Å². The van der Waals surface area contributed by atoms with Gasteiger partial charge in [-0.25, -0.2) is 0 Å². The Hall–Kier alpha value is -0.560. The van der Waals surface area contributed by atoms with Gasteiger partial charge in [-0.15, -0.1) is 24.8 Å². The van der Waals surface area contributed by atoms with Crippen LogP contribution >= 0.6 is 24.8 Å². The third kappa shape index (κ3) is 8.42. The molecule has 1 fully saturated rings. The van der Waals surface area contributed by atoms with E-state index in [1.807, 2.05) is 12.1 Å². The van der Waals surface area contributed by atoms with Crippen molar-refractivity contribution in [3.05, 3.63) is 29.8 Å². The molecule has 26 heavy (non-hydrogen) atoms. The van der Waals surface area contributed by atoms with Crippen molar-refractivity contribution in [3.63, 3.8) is 0 Å². The number of aliphatic hydroxyl groups excluding tert-OH is 2. The highest BCUT2D eigenvalue weighted by Gasteiger charge is 2.19. The number of benzene rings is 1. The fourth-order valence-electron chi connectivity index (χ4n) is 2.93. The first-order valence-corrected chi connectivity index (χ1v) is 8.85. The van der Waals surface area contributed by atoms with Crippen LogP contribution in [0.5, 0.6) is 5.75 Å². The molecule has 0 bridgehead atoms. The maximum Gasteiger partial charge on any atom is 0.119 e. The van der Waals surface area contributed by atoms with E-state index in [-0.39, 0.29) is 36.8 Å². The Balaban J connectivity index is 0.00000312. The largest absolute Gasteiger partial charge is 0.491 e. The van der Waals surface area contributed by atoms with E-state index in [0.717, 1.165) is 38.5 Å². The molecule has 7 heteroatoms. The van der Waals surface area contributed by atoms with Crippen LogP contribution < -0.4 is 4.74 Å². The average molecular weight is 409 g/mol. The van der Waals surface area contributed by atoms with E-state index in [4.69, 9.17) is 9.84 Å². The highest BCUT2D eigenvalue weighted by molar-refractivity contribution is 5.85. The van der Waals surface area contributed by atoms with Crippen LogP contribution in [0.3, 0.4) is 0 Å². The first kappa shape index (κ1) is 25.4. The van der Waals surface area contributed by atoms with Gasteiger partial charge < -0.3 is 14.9 Å². The van der Waals surface area contributed by atoms with Gasteiger partial charge in [0.05, 0.1) is 6.61 Å². The van der Waals surface area contributed by atoms with E-state index in [1.54, 1.807) is 0 Å². The molecule has 1 aliphatic heterocycles. The molecule has 1 aliphatic rings. The molecule has 1 saturated heterocycles. The number of hydrogen-bond donors (Lipinski definition) is 2. The molecule has 0 spiro atoms. The first-order valence-electron chi connectivity index (χ1n) is 8.85. The zero-order chi connectivity index (χ0) is 17.6. The van der Waals surface area contributed by atoms with Gasteiger partial charge >= 0.3 is 0 Å². The highest BCUT2D eigenvalue weighted by atomic mass is 35.5. The SMILES string of the molecule is CC(C)(C)c1ccc(OCC(O)CN2CCN(CCO)CC2)cc1.Cl.Cl. The summed E-state index contributed by atoms with van der Waals surface area (Å²) in [5.41, 5.74) is 1.41. The van der Waals surface area contributed by atoms with Crippen LogP contribution in [0.2, 0.25) is 0 Å². The van der Waals surface area contributed by atoms with Crippen molar-refractivity contribution in [2.45, 2.75) is 32.3 Å². The fraction of sp³-hybridized carbons (Fsp3) is 0.684. The maximum absolute atomic E-state index is 10.2. The minimum absolute atomic E-state index is 0. The summed E-state index contributed by atoms with van der Waals surface area (Å²) in [5.74, 6) is 0.801. The van der Waals surface area contributed by atoms with E-state index in [9.17, 15) is 5.11 Å². The van der Waals surface area contributed by atoms with Crippen LogP contribution in [0.25, 0.3) is 0 Å². The zero-order valence-electron chi connectivity index (χ0n) is 16.1. The molecule has 2 N–H and O–H groups in total. The summed E-state index contributed by atoms with van der Waals surface area (Å²) >= 11 is 0. The molecule has 5 nitrogen and oxygen atoms in total. The van der Waals surface area contributed by atoms with E-state index in [0.29, 0.717) is 13.2 Å². The average Bonchev–Trinajstić information content (AvgIpc) is 2.55. The molecule has 0 aliphatic carbocycles. The third-order valence-corrected chi connectivity index (χ3v) is 4.51. The molecule has 2 rings (SSSR count). The number of β-amino-alcohol motifs (C(OH)–C–C–N with tert-alkyl or cyclic N) is 2. The second-order valence-corrected chi connectivity index (χ2v) is 7.61. The van der Waals surface area contributed by atoms with Crippen molar-refractivity contribution in [2.75, 3.05) is 52.5 Å². The van der Waals surface area contributed by atoms with Gasteiger partial charge in [-0.1, -0.05) is 32.9 Å². The lowest BCUT2D eigenvalue weighted by Crippen LogP contribution is -2.49. The molecule has 1 atom stereocenters. The van der Waals surface area contributed by atoms with Crippen LogP contribution in [0, 0.1) is 0 Å². The summed E-state index contributed by atoms with van der Waals surface area (Å²) in [5, 5.41) is 19.2. The molecular weight excluding hydrogens is 375 g/mol. The van der Waals surface area contributed by atoms with Crippen molar-refractivity contribution in [3.8, 4) is 5.75 Å². The number of halogens is 2. The number of ether oxygens (including phenoxy) is 1. The second-order valence-electron chi connectivity index (χ2n) is 7.61. The molecule has 1 aromatic carbocycles. The fourth-order valence-corrected chi connectivity index (χ4v) is 2.93. The molecule has 1 unspecified atom stereocenters. The summed E-state index contributed by atoms with van der Waals surface area (Å²) in [7, 11) is 0. The summed E-state index contributed by atoms with van der Waals surface area (Å²) in [6, 6.07) is 8.12. The Kier molecular flexibility index (Phi) is 11.7. The van der Waals surface area contributed by atoms with E-state index < -0.39 is 6.10 Å². The number of piperazine rings is 1. The van der Waals surface area contributed by atoms with E-state index in [1.165, 1.54) is 5.56 Å². The van der Waals surface area contributed by atoms with Gasteiger partial charge in [0.1, 0.15) is 18.5 Å². The minimum Gasteiger partial charge on any atom is -0.491 e. The summed E-state index contributed by atoms with van der Waals surface area (Å²) in [4.78, 5) is 4.50. The standard InChI is InChI=1S/C19H32N2O3.2ClH/c1-19(2,3)16-4-6-18(7-5-16)24-15-17(23)14-21-10-8-20(9-11-21)12-13-22;;/h4-7,17,22-23H,8-15H2,1-3H3;2*1H. The smallest absolute Gasteiger partial charge is 0.119 e. The number of rotatable bonds is 7. The van der Waals surface area contributed by atoms with Gasteiger partial charge in [0, 0.05) is 39.3 Å². The first-order chi connectivity index (χ1) is 11.4. The Labute approximate surface area is 170 Å². The summed E-state index contributed by atoms with van der Waals surface area (Å²) in [6.07, 6.45) is -0.489. The zero-order valence-corrected chi connectivity index (χ0v) is 17.7. The van der Waals surface area contributed by atoms with Gasteiger partial charge in [-0.05, 0) is 23.1 Å². The molecule has 1 heterocycles. The molecule has 0 amide bonds. The van der Waals surface area contributed by atoms with Crippen LogP contribution in [-0.2, 0) is 5.41 Å². The second kappa shape index (κ2) is 12.0. The summed E-state index contributed by atoms with van der Waals surface area (Å²) in [6.45, 7) is 12.2. The van der Waals surface area contributed by atoms with E-state index >= 15 is 0 Å². The van der Waals surface area contributed by atoms with Gasteiger partial charge in [0.2, 0.25) is 0 Å². The minimum atomic E-state index is -0.489. The number of nitrogens with zero attached hydrogens (tertiary/aromatic N) is 2. The predicted molar refractivity (Wildman–Crippen MR) is 111 cm³/mol. The topological polar surface area (TPSA) is 56.2 Å². The number of hydrogen-bond acceptors (Lipinski definition) is 5. The van der Waals surface area contributed by atoms with Crippen LogP contribution in [0.4, 0.5) is 0 Å². The summed E-state index contributed by atoms with van der Waals surface area (Å²) < 4.78 is 5.72. The normalized spacial score (nSPS) is 17.1.